The van der Waals surface area contributed by atoms with E-state index in [9.17, 15) is 4.79 Å². The van der Waals surface area contributed by atoms with Crippen molar-refractivity contribution in [1.29, 1.82) is 0 Å². The van der Waals surface area contributed by atoms with Crippen molar-refractivity contribution in [2.45, 2.75) is 32.9 Å². The summed E-state index contributed by atoms with van der Waals surface area (Å²) in [5.41, 5.74) is 8.10. The van der Waals surface area contributed by atoms with Crippen LogP contribution in [0.3, 0.4) is 0 Å². The van der Waals surface area contributed by atoms with E-state index in [1.807, 2.05) is 57.1 Å². The van der Waals surface area contributed by atoms with Crippen LogP contribution in [0.1, 0.15) is 25.8 Å². The quantitative estimate of drug-likeness (QED) is 0.822. The second-order valence-corrected chi connectivity index (χ2v) is 5.19. The van der Waals surface area contributed by atoms with Gasteiger partial charge >= 0.3 is 0 Å². The van der Waals surface area contributed by atoms with Crippen molar-refractivity contribution >= 4 is 11.6 Å². The summed E-state index contributed by atoms with van der Waals surface area (Å²) in [5, 5.41) is 2.89. The highest BCUT2D eigenvalue weighted by Gasteiger charge is 2.18. The number of nitrogens with two attached hydrogens (primary N) is 1. The summed E-state index contributed by atoms with van der Waals surface area (Å²) in [4.78, 5) is 13.9. The molecule has 1 rings (SSSR count). The Labute approximate surface area is 116 Å². The molecule has 1 amide bonds. The van der Waals surface area contributed by atoms with Crippen LogP contribution in [0.25, 0.3) is 0 Å². The fourth-order valence-electron chi connectivity index (χ4n) is 1.73. The molecule has 1 unspecified atom stereocenters. The second-order valence-electron chi connectivity index (χ2n) is 5.19. The van der Waals surface area contributed by atoms with Gasteiger partial charge in [0.25, 0.3) is 0 Å². The van der Waals surface area contributed by atoms with Crippen LogP contribution < -0.4 is 16.0 Å². The number of benzene rings is 1. The van der Waals surface area contributed by atoms with Crippen LogP contribution in [0.5, 0.6) is 0 Å². The molecule has 2 atom stereocenters. The lowest BCUT2D eigenvalue weighted by atomic mass is 9.99. The Kier molecular flexibility index (Phi) is 5.83. The molecule has 0 aliphatic rings. The van der Waals surface area contributed by atoms with E-state index in [-0.39, 0.29) is 11.8 Å². The molecule has 19 heavy (non-hydrogen) atoms. The minimum atomic E-state index is -0.425. The van der Waals surface area contributed by atoms with Gasteiger partial charge in [0.2, 0.25) is 5.91 Å². The Hall–Kier alpha value is -1.55. The topological polar surface area (TPSA) is 58.4 Å². The number of hydrogen-bond donors (Lipinski definition) is 2. The normalized spacial score (nSPS) is 13.7. The Balaban J connectivity index is 2.50. The van der Waals surface area contributed by atoms with E-state index in [4.69, 9.17) is 5.73 Å². The van der Waals surface area contributed by atoms with Gasteiger partial charge in [-0.05, 0) is 23.6 Å². The summed E-state index contributed by atoms with van der Waals surface area (Å²) in [5.74, 6) is 0.127. The van der Waals surface area contributed by atoms with Crippen LogP contribution >= 0.6 is 0 Å². The molecule has 0 saturated carbocycles. The van der Waals surface area contributed by atoms with Crippen LogP contribution in [0.15, 0.2) is 24.3 Å². The van der Waals surface area contributed by atoms with Crippen LogP contribution in [0.2, 0.25) is 0 Å². The second kappa shape index (κ2) is 7.14. The van der Waals surface area contributed by atoms with Crippen molar-refractivity contribution in [3.63, 3.8) is 0 Å². The van der Waals surface area contributed by atoms with Gasteiger partial charge in [-0.3, -0.25) is 4.79 Å². The Bertz CT molecular complexity index is 400. The lowest BCUT2D eigenvalue weighted by Gasteiger charge is -2.18. The Morgan fingerprint density at radius 2 is 1.89 bits per heavy atom. The van der Waals surface area contributed by atoms with Crippen LogP contribution in [0, 0.1) is 5.92 Å². The molecule has 0 bridgehead atoms. The van der Waals surface area contributed by atoms with Crippen molar-refractivity contribution in [1.82, 2.24) is 5.32 Å². The van der Waals surface area contributed by atoms with Crippen molar-refractivity contribution in [3.05, 3.63) is 29.8 Å². The van der Waals surface area contributed by atoms with Crippen molar-refractivity contribution in [3.8, 4) is 0 Å². The number of anilines is 1. The standard InChI is InChI=1S/C15H25N3O/c1-5-11(2)14(16)15(19)17-10-12-6-8-13(9-7-12)18(3)4/h6-9,11,14H,5,10,16H2,1-4H3,(H,17,19)/t11?,14-/m0/s1. The van der Waals surface area contributed by atoms with Gasteiger partial charge < -0.3 is 16.0 Å². The molecule has 4 nitrogen and oxygen atoms in total. The number of hydrogen-bond acceptors (Lipinski definition) is 3. The first-order chi connectivity index (χ1) is 8.95. The number of carbonyl (C=O) groups excluding carboxylic acids is 1. The van der Waals surface area contributed by atoms with E-state index in [1.54, 1.807) is 0 Å². The molecular formula is C15H25N3O. The minimum Gasteiger partial charge on any atom is -0.378 e. The summed E-state index contributed by atoms with van der Waals surface area (Å²) < 4.78 is 0. The van der Waals surface area contributed by atoms with Crippen LogP contribution in [-0.2, 0) is 11.3 Å². The van der Waals surface area contributed by atoms with Gasteiger partial charge in [-0.15, -0.1) is 0 Å². The molecule has 0 heterocycles. The van der Waals surface area contributed by atoms with Crippen LogP contribution in [-0.4, -0.2) is 26.0 Å². The maximum absolute atomic E-state index is 11.8. The van der Waals surface area contributed by atoms with Crippen molar-refractivity contribution in [2.24, 2.45) is 11.7 Å². The number of amides is 1. The average molecular weight is 263 g/mol. The highest BCUT2D eigenvalue weighted by molar-refractivity contribution is 5.81. The predicted octanol–water partition coefficient (Wildman–Crippen LogP) is 1.74. The molecule has 0 saturated heterocycles. The van der Waals surface area contributed by atoms with E-state index in [2.05, 4.69) is 5.32 Å². The summed E-state index contributed by atoms with van der Waals surface area (Å²) >= 11 is 0. The molecule has 4 heteroatoms. The van der Waals surface area contributed by atoms with E-state index < -0.39 is 6.04 Å². The van der Waals surface area contributed by atoms with E-state index in [0.717, 1.165) is 17.7 Å². The van der Waals surface area contributed by atoms with Gasteiger partial charge in [-0.25, -0.2) is 0 Å². The number of nitrogens with one attached hydrogen (secondary N) is 1. The fraction of sp³-hybridized carbons (Fsp3) is 0.533. The minimum absolute atomic E-state index is 0.0777. The third-order valence-corrected chi connectivity index (χ3v) is 3.48. The van der Waals surface area contributed by atoms with E-state index in [0.29, 0.717) is 6.54 Å². The van der Waals surface area contributed by atoms with Gasteiger partial charge in [0.1, 0.15) is 0 Å². The molecule has 1 aromatic rings. The number of carbonyl (C=O) groups is 1. The molecule has 0 radical (unpaired) electrons. The monoisotopic (exact) mass is 263 g/mol. The summed E-state index contributed by atoms with van der Waals surface area (Å²) in [6.07, 6.45) is 0.909. The number of rotatable bonds is 6. The number of nitrogens with zero attached hydrogens (tertiary/aromatic N) is 1. The smallest absolute Gasteiger partial charge is 0.237 e. The molecule has 3 N–H and O–H groups in total. The van der Waals surface area contributed by atoms with Gasteiger partial charge in [0.15, 0.2) is 0 Å². The molecule has 0 aromatic heterocycles. The largest absolute Gasteiger partial charge is 0.378 e. The van der Waals surface area contributed by atoms with Gasteiger partial charge in [0, 0.05) is 26.3 Å². The SMILES string of the molecule is CCC(C)[C@H](N)C(=O)NCc1ccc(N(C)C)cc1. The summed E-state index contributed by atoms with van der Waals surface area (Å²) in [7, 11) is 4.00. The zero-order valence-electron chi connectivity index (χ0n) is 12.3. The van der Waals surface area contributed by atoms with Gasteiger partial charge in [-0.2, -0.15) is 0 Å². The summed E-state index contributed by atoms with van der Waals surface area (Å²) in [6.45, 7) is 4.56. The highest BCUT2D eigenvalue weighted by Crippen LogP contribution is 2.12. The summed E-state index contributed by atoms with van der Waals surface area (Å²) in [6, 6.07) is 7.69. The zero-order valence-corrected chi connectivity index (χ0v) is 12.3. The third kappa shape index (κ3) is 4.56. The molecule has 0 aliphatic carbocycles. The lowest BCUT2D eigenvalue weighted by molar-refractivity contribution is -0.123. The van der Waals surface area contributed by atoms with E-state index >= 15 is 0 Å². The van der Waals surface area contributed by atoms with Crippen LogP contribution in [0.4, 0.5) is 5.69 Å². The first kappa shape index (κ1) is 15.5. The average Bonchev–Trinajstić information content (AvgIpc) is 2.43. The molecule has 1 aromatic carbocycles. The molecule has 0 fully saturated rings. The Morgan fingerprint density at radius 1 is 1.32 bits per heavy atom. The Morgan fingerprint density at radius 3 is 2.37 bits per heavy atom. The van der Waals surface area contributed by atoms with Gasteiger partial charge in [-0.1, -0.05) is 32.4 Å². The van der Waals surface area contributed by atoms with Crippen molar-refractivity contribution in [2.75, 3.05) is 19.0 Å². The maximum atomic E-state index is 11.8. The van der Waals surface area contributed by atoms with E-state index in [1.165, 1.54) is 0 Å². The lowest BCUT2D eigenvalue weighted by Crippen LogP contribution is -2.44. The molecule has 0 spiro atoms. The first-order valence-corrected chi connectivity index (χ1v) is 6.75. The fourth-order valence-corrected chi connectivity index (χ4v) is 1.73. The third-order valence-electron chi connectivity index (χ3n) is 3.48. The molecule has 0 aliphatic heterocycles. The first-order valence-electron chi connectivity index (χ1n) is 6.75. The predicted molar refractivity (Wildman–Crippen MR) is 80.0 cm³/mol. The maximum Gasteiger partial charge on any atom is 0.237 e. The highest BCUT2D eigenvalue weighted by atomic mass is 16.2. The molecule has 106 valence electrons. The van der Waals surface area contributed by atoms with Crippen molar-refractivity contribution < 1.29 is 4.79 Å². The van der Waals surface area contributed by atoms with Gasteiger partial charge in [0.05, 0.1) is 6.04 Å². The molecular weight excluding hydrogens is 238 g/mol. The zero-order chi connectivity index (χ0) is 14.4.